The van der Waals surface area contributed by atoms with Gasteiger partial charge in [-0.3, -0.25) is 0 Å². The number of nitrogens with one attached hydrogen (secondary N) is 1. The summed E-state index contributed by atoms with van der Waals surface area (Å²) in [7, 11) is -3.56. The SMILES string of the molecule is O=S(=O)(NCCCn1cnc2ccccc21)c1ccc(Cl)nc1. The molecule has 0 atom stereocenters. The highest BCUT2D eigenvalue weighted by atomic mass is 35.5. The van der Waals surface area contributed by atoms with E-state index in [2.05, 4.69) is 14.7 Å². The molecule has 0 fully saturated rings. The van der Waals surface area contributed by atoms with Gasteiger partial charge in [0.2, 0.25) is 10.0 Å². The normalized spacial score (nSPS) is 11.9. The van der Waals surface area contributed by atoms with Gasteiger partial charge in [0.1, 0.15) is 10.0 Å². The molecule has 0 aliphatic heterocycles. The first kappa shape index (κ1) is 15.9. The van der Waals surface area contributed by atoms with Crippen molar-refractivity contribution in [1.29, 1.82) is 0 Å². The van der Waals surface area contributed by atoms with E-state index in [0.29, 0.717) is 19.5 Å². The fourth-order valence-corrected chi connectivity index (χ4v) is 3.38. The molecule has 23 heavy (non-hydrogen) atoms. The summed E-state index contributed by atoms with van der Waals surface area (Å²) in [4.78, 5) is 8.19. The molecule has 0 saturated carbocycles. The maximum Gasteiger partial charge on any atom is 0.242 e. The zero-order valence-electron chi connectivity index (χ0n) is 12.2. The van der Waals surface area contributed by atoms with Crippen LogP contribution >= 0.6 is 11.6 Å². The Morgan fingerprint density at radius 2 is 1.96 bits per heavy atom. The van der Waals surface area contributed by atoms with Crippen LogP contribution in [0.3, 0.4) is 0 Å². The Bertz CT molecular complexity index is 907. The summed E-state index contributed by atoms with van der Waals surface area (Å²) in [6.07, 6.45) is 3.66. The summed E-state index contributed by atoms with van der Waals surface area (Å²) < 4.78 is 28.8. The quantitative estimate of drug-likeness (QED) is 0.547. The van der Waals surface area contributed by atoms with Gasteiger partial charge in [-0.25, -0.2) is 23.1 Å². The molecule has 0 saturated heterocycles. The van der Waals surface area contributed by atoms with E-state index in [1.54, 1.807) is 6.33 Å². The molecule has 6 nitrogen and oxygen atoms in total. The molecule has 120 valence electrons. The summed E-state index contributed by atoms with van der Waals surface area (Å²) >= 11 is 5.66. The number of aromatic nitrogens is 3. The second-order valence-electron chi connectivity index (χ2n) is 4.99. The molecule has 3 aromatic rings. The topological polar surface area (TPSA) is 76.9 Å². The van der Waals surface area contributed by atoms with Crippen molar-refractivity contribution < 1.29 is 8.42 Å². The molecule has 0 aliphatic carbocycles. The molecular weight excluding hydrogens is 336 g/mol. The van der Waals surface area contributed by atoms with Crippen LogP contribution in [0.25, 0.3) is 11.0 Å². The molecule has 0 aliphatic rings. The number of aryl methyl sites for hydroxylation is 1. The van der Waals surface area contributed by atoms with Crippen molar-refractivity contribution in [1.82, 2.24) is 19.3 Å². The highest BCUT2D eigenvalue weighted by molar-refractivity contribution is 7.89. The van der Waals surface area contributed by atoms with E-state index < -0.39 is 10.0 Å². The Balaban J connectivity index is 1.58. The Labute approximate surface area is 139 Å². The van der Waals surface area contributed by atoms with Gasteiger partial charge in [0.15, 0.2) is 0 Å². The van der Waals surface area contributed by atoms with Crippen molar-refractivity contribution in [3.63, 3.8) is 0 Å². The highest BCUT2D eigenvalue weighted by Crippen LogP contribution is 2.13. The minimum absolute atomic E-state index is 0.106. The molecule has 2 aromatic heterocycles. The Morgan fingerprint density at radius 3 is 2.74 bits per heavy atom. The summed E-state index contributed by atoms with van der Waals surface area (Å²) in [5.41, 5.74) is 1.97. The lowest BCUT2D eigenvalue weighted by atomic mass is 10.3. The molecule has 3 rings (SSSR count). The first-order chi connectivity index (χ1) is 11.1. The van der Waals surface area contributed by atoms with Crippen molar-refractivity contribution in [3.8, 4) is 0 Å². The van der Waals surface area contributed by atoms with Gasteiger partial charge in [-0.2, -0.15) is 0 Å². The van der Waals surface area contributed by atoms with Crippen LogP contribution in [-0.4, -0.2) is 29.5 Å². The van der Waals surface area contributed by atoms with Gasteiger partial charge in [0, 0.05) is 19.3 Å². The number of imidazole rings is 1. The smallest absolute Gasteiger partial charge is 0.242 e. The third-order valence-corrected chi connectivity index (χ3v) is 5.08. The van der Waals surface area contributed by atoms with Gasteiger partial charge in [-0.05, 0) is 30.7 Å². The summed E-state index contributed by atoms with van der Waals surface area (Å²) in [6, 6.07) is 10.7. The molecule has 0 spiro atoms. The van der Waals surface area contributed by atoms with Gasteiger partial charge in [0.25, 0.3) is 0 Å². The number of fused-ring (bicyclic) bond motifs is 1. The lowest BCUT2D eigenvalue weighted by Crippen LogP contribution is -2.25. The second-order valence-corrected chi connectivity index (χ2v) is 7.15. The predicted molar refractivity (Wildman–Crippen MR) is 88.8 cm³/mol. The molecule has 0 amide bonds. The van der Waals surface area contributed by atoms with Crippen LogP contribution in [-0.2, 0) is 16.6 Å². The van der Waals surface area contributed by atoms with Gasteiger partial charge in [-0.15, -0.1) is 0 Å². The molecule has 0 bridgehead atoms. The molecule has 1 aromatic carbocycles. The Hall–Kier alpha value is -1.96. The van der Waals surface area contributed by atoms with Crippen LogP contribution in [0.4, 0.5) is 0 Å². The van der Waals surface area contributed by atoms with Crippen LogP contribution in [0.5, 0.6) is 0 Å². The summed E-state index contributed by atoms with van der Waals surface area (Å²) in [5, 5.41) is 0.260. The van der Waals surface area contributed by atoms with Crippen LogP contribution < -0.4 is 4.72 Å². The number of rotatable bonds is 6. The van der Waals surface area contributed by atoms with E-state index in [0.717, 1.165) is 11.0 Å². The Morgan fingerprint density at radius 1 is 1.13 bits per heavy atom. The van der Waals surface area contributed by atoms with Crippen molar-refractivity contribution in [2.24, 2.45) is 0 Å². The number of halogens is 1. The zero-order chi connectivity index (χ0) is 16.3. The first-order valence-corrected chi connectivity index (χ1v) is 8.93. The Kier molecular flexibility index (Phi) is 4.61. The number of sulfonamides is 1. The fraction of sp³-hybridized carbons (Fsp3) is 0.200. The maximum absolute atomic E-state index is 12.1. The van der Waals surface area contributed by atoms with Crippen molar-refractivity contribution in [2.45, 2.75) is 17.9 Å². The molecule has 0 unspecified atom stereocenters. The van der Waals surface area contributed by atoms with Crippen LogP contribution in [0.15, 0.2) is 53.8 Å². The minimum Gasteiger partial charge on any atom is -0.331 e. The standard InChI is InChI=1S/C15H15ClN4O2S/c16-15-7-6-12(10-17-15)23(21,22)19-8-3-9-20-11-18-13-4-1-2-5-14(13)20/h1-2,4-7,10-11,19H,3,8-9H2. The maximum atomic E-state index is 12.1. The molecule has 8 heteroatoms. The van der Waals surface area contributed by atoms with Crippen LogP contribution in [0, 0.1) is 0 Å². The predicted octanol–water partition coefficient (Wildman–Crippen LogP) is 2.45. The summed E-state index contributed by atoms with van der Waals surface area (Å²) in [6.45, 7) is 1.01. The van der Waals surface area contributed by atoms with E-state index in [1.165, 1.54) is 18.3 Å². The van der Waals surface area contributed by atoms with E-state index in [-0.39, 0.29) is 10.0 Å². The van der Waals surface area contributed by atoms with E-state index >= 15 is 0 Å². The first-order valence-electron chi connectivity index (χ1n) is 7.07. The third kappa shape index (κ3) is 3.69. The third-order valence-electron chi connectivity index (χ3n) is 3.41. The van der Waals surface area contributed by atoms with Gasteiger partial charge in [-0.1, -0.05) is 23.7 Å². The second kappa shape index (κ2) is 6.66. The number of hydrogen-bond donors (Lipinski definition) is 1. The highest BCUT2D eigenvalue weighted by Gasteiger charge is 2.13. The number of pyridine rings is 1. The number of nitrogens with zero attached hydrogens (tertiary/aromatic N) is 3. The average Bonchev–Trinajstić information content (AvgIpc) is 2.95. The van der Waals surface area contributed by atoms with Crippen molar-refractivity contribution in [2.75, 3.05) is 6.54 Å². The van der Waals surface area contributed by atoms with Crippen molar-refractivity contribution >= 4 is 32.7 Å². The molecule has 1 N–H and O–H groups in total. The number of hydrogen-bond acceptors (Lipinski definition) is 4. The zero-order valence-corrected chi connectivity index (χ0v) is 13.8. The fourth-order valence-electron chi connectivity index (χ4n) is 2.25. The van der Waals surface area contributed by atoms with Gasteiger partial charge >= 0.3 is 0 Å². The summed E-state index contributed by atoms with van der Waals surface area (Å²) in [5.74, 6) is 0. The van der Waals surface area contributed by atoms with E-state index in [1.807, 2.05) is 28.8 Å². The number of benzene rings is 1. The lowest BCUT2D eigenvalue weighted by molar-refractivity contribution is 0.571. The van der Waals surface area contributed by atoms with Crippen LogP contribution in [0.2, 0.25) is 5.15 Å². The van der Waals surface area contributed by atoms with E-state index in [9.17, 15) is 8.42 Å². The average molecular weight is 351 g/mol. The monoisotopic (exact) mass is 350 g/mol. The molecule has 2 heterocycles. The molecule has 0 radical (unpaired) electrons. The van der Waals surface area contributed by atoms with Gasteiger partial charge < -0.3 is 4.57 Å². The lowest BCUT2D eigenvalue weighted by Gasteiger charge is -2.07. The van der Waals surface area contributed by atoms with Gasteiger partial charge in [0.05, 0.1) is 17.4 Å². The van der Waals surface area contributed by atoms with E-state index in [4.69, 9.17) is 11.6 Å². The molecular formula is C15H15ClN4O2S. The minimum atomic E-state index is -3.56. The van der Waals surface area contributed by atoms with Crippen molar-refractivity contribution in [3.05, 3.63) is 54.1 Å². The van der Waals surface area contributed by atoms with Crippen LogP contribution in [0.1, 0.15) is 6.42 Å². The largest absolute Gasteiger partial charge is 0.331 e. The number of para-hydroxylation sites is 2.